The Balaban J connectivity index is 1.70. The molecule has 2 aromatic heterocycles. The van der Waals surface area contributed by atoms with E-state index in [1.807, 2.05) is 13.8 Å². The normalized spacial score (nSPS) is 16.6. The van der Waals surface area contributed by atoms with E-state index in [0.717, 1.165) is 6.20 Å². The van der Waals surface area contributed by atoms with Gasteiger partial charge < -0.3 is 10.6 Å². The Morgan fingerprint density at radius 1 is 1.26 bits per heavy atom. The topological polar surface area (TPSA) is 100 Å². The minimum atomic E-state index is -3.16. The van der Waals surface area contributed by atoms with Gasteiger partial charge in [-0.15, -0.1) is 0 Å². The predicted octanol–water partition coefficient (Wildman–Crippen LogP) is 2.40. The Morgan fingerprint density at radius 2 is 1.96 bits per heavy atom. The first-order chi connectivity index (χ1) is 12.7. The van der Waals surface area contributed by atoms with Gasteiger partial charge in [-0.05, 0) is 26.7 Å². The number of sulfonamides is 1. The first-order valence-corrected chi connectivity index (χ1v) is 11.4. The SMILES string of the molecule is CC(C)Nc1ncc(-c2nc(NC3CCN(S(C)(=O)=O)CC3)ncc2F)s1. The summed E-state index contributed by atoms with van der Waals surface area (Å²) >= 11 is 1.33. The van der Waals surface area contributed by atoms with E-state index in [4.69, 9.17) is 0 Å². The number of hydrogen-bond donors (Lipinski definition) is 2. The number of aromatic nitrogens is 3. The minimum absolute atomic E-state index is 0.0425. The van der Waals surface area contributed by atoms with Gasteiger partial charge in [0.2, 0.25) is 16.0 Å². The third kappa shape index (κ3) is 5.11. The third-order valence-corrected chi connectivity index (χ3v) is 6.39. The minimum Gasteiger partial charge on any atom is -0.359 e. The van der Waals surface area contributed by atoms with Crippen LogP contribution in [-0.2, 0) is 10.0 Å². The molecule has 0 saturated carbocycles. The van der Waals surface area contributed by atoms with Gasteiger partial charge in [-0.3, -0.25) is 0 Å². The van der Waals surface area contributed by atoms with Crippen molar-refractivity contribution in [2.45, 2.75) is 38.8 Å². The smallest absolute Gasteiger partial charge is 0.223 e. The van der Waals surface area contributed by atoms with Crippen molar-refractivity contribution in [3.63, 3.8) is 0 Å². The zero-order valence-electron chi connectivity index (χ0n) is 15.4. The van der Waals surface area contributed by atoms with E-state index in [2.05, 4.69) is 25.6 Å². The lowest BCUT2D eigenvalue weighted by Crippen LogP contribution is -2.42. The van der Waals surface area contributed by atoms with Gasteiger partial charge >= 0.3 is 0 Å². The molecule has 0 spiro atoms. The van der Waals surface area contributed by atoms with Crippen molar-refractivity contribution < 1.29 is 12.8 Å². The van der Waals surface area contributed by atoms with E-state index in [-0.39, 0.29) is 17.8 Å². The molecule has 1 saturated heterocycles. The van der Waals surface area contributed by atoms with Crippen molar-refractivity contribution in [1.82, 2.24) is 19.3 Å². The molecule has 0 unspecified atom stereocenters. The van der Waals surface area contributed by atoms with E-state index < -0.39 is 15.8 Å². The average molecular weight is 415 g/mol. The molecule has 3 heterocycles. The third-order valence-electron chi connectivity index (χ3n) is 4.15. The zero-order valence-corrected chi connectivity index (χ0v) is 17.1. The number of rotatable bonds is 6. The summed E-state index contributed by atoms with van der Waals surface area (Å²) < 4.78 is 38.9. The Labute approximate surface area is 162 Å². The highest BCUT2D eigenvalue weighted by Gasteiger charge is 2.25. The molecule has 1 aliphatic rings. The van der Waals surface area contributed by atoms with Crippen LogP contribution in [0.1, 0.15) is 26.7 Å². The van der Waals surface area contributed by atoms with E-state index in [1.54, 1.807) is 6.20 Å². The highest BCUT2D eigenvalue weighted by Crippen LogP contribution is 2.30. The molecule has 0 aliphatic carbocycles. The Kier molecular flexibility index (Phi) is 5.92. The molecule has 27 heavy (non-hydrogen) atoms. The van der Waals surface area contributed by atoms with Crippen molar-refractivity contribution in [3.8, 4) is 10.6 Å². The Morgan fingerprint density at radius 3 is 2.59 bits per heavy atom. The van der Waals surface area contributed by atoms with Crippen molar-refractivity contribution in [2.24, 2.45) is 0 Å². The Bertz CT molecular complexity index is 894. The molecule has 3 rings (SSSR count). The molecule has 0 atom stereocenters. The summed E-state index contributed by atoms with van der Waals surface area (Å²) in [7, 11) is -3.16. The van der Waals surface area contributed by atoms with Crippen LogP contribution in [0.5, 0.6) is 0 Å². The summed E-state index contributed by atoms with van der Waals surface area (Å²) in [5, 5.41) is 7.08. The molecule has 0 radical (unpaired) electrons. The van der Waals surface area contributed by atoms with Crippen LogP contribution in [0.25, 0.3) is 10.6 Å². The highest BCUT2D eigenvalue weighted by molar-refractivity contribution is 7.88. The van der Waals surface area contributed by atoms with Crippen LogP contribution >= 0.6 is 11.3 Å². The van der Waals surface area contributed by atoms with Crippen molar-refractivity contribution in [1.29, 1.82) is 0 Å². The van der Waals surface area contributed by atoms with Crippen LogP contribution in [0.2, 0.25) is 0 Å². The summed E-state index contributed by atoms with van der Waals surface area (Å²) in [6, 6.07) is 0.273. The Hall–Kier alpha value is -1.85. The summed E-state index contributed by atoms with van der Waals surface area (Å²) in [6.45, 7) is 4.90. The van der Waals surface area contributed by atoms with E-state index >= 15 is 0 Å². The van der Waals surface area contributed by atoms with Crippen LogP contribution in [0.15, 0.2) is 12.4 Å². The molecule has 0 amide bonds. The lowest BCUT2D eigenvalue weighted by Gasteiger charge is -2.30. The monoisotopic (exact) mass is 414 g/mol. The van der Waals surface area contributed by atoms with Crippen molar-refractivity contribution in [3.05, 3.63) is 18.2 Å². The molecule has 1 aliphatic heterocycles. The molecular formula is C16H23FN6O2S2. The lowest BCUT2D eigenvalue weighted by atomic mass is 10.1. The molecule has 11 heteroatoms. The standard InChI is InChI=1S/C16H23FN6O2S2/c1-10(2)20-16-19-9-13(26-16)14-12(17)8-18-15(22-14)21-11-4-6-23(7-5-11)27(3,24)25/h8-11H,4-7H2,1-3H3,(H,19,20)(H,18,21,22). The fraction of sp³-hybridized carbons (Fsp3) is 0.562. The van der Waals surface area contributed by atoms with E-state index in [0.29, 0.717) is 41.9 Å². The summed E-state index contributed by atoms with van der Waals surface area (Å²) in [6.07, 6.45) is 5.24. The maximum atomic E-state index is 14.2. The van der Waals surface area contributed by atoms with Gasteiger partial charge in [0.05, 0.1) is 17.3 Å². The van der Waals surface area contributed by atoms with Crippen molar-refractivity contribution >= 4 is 32.4 Å². The molecule has 0 aromatic carbocycles. The van der Waals surface area contributed by atoms with Gasteiger partial charge in [0.15, 0.2) is 10.9 Å². The maximum Gasteiger partial charge on any atom is 0.223 e. The number of nitrogens with one attached hydrogen (secondary N) is 2. The first-order valence-electron chi connectivity index (χ1n) is 8.69. The van der Waals surface area contributed by atoms with Crippen LogP contribution < -0.4 is 10.6 Å². The molecular weight excluding hydrogens is 391 g/mol. The average Bonchev–Trinajstić information content (AvgIpc) is 3.04. The molecule has 148 valence electrons. The summed E-state index contributed by atoms with van der Waals surface area (Å²) in [5.41, 5.74) is 0.204. The van der Waals surface area contributed by atoms with Crippen molar-refractivity contribution in [2.75, 3.05) is 30.0 Å². The number of nitrogens with zero attached hydrogens (tertiary/aromatic N) is 4. The summed E-state index contributed by atoms with van der Waals surface area (Å²) in [5.74, 6) is -0.178. The zero-order chi connectivity index (χ0) is 19.6. The molecule has 0 bridgehead atoms. The quantitative estimate of drug-likeness (QED) is 0.749. The van der Waals surface area contributed by atoms with Crippen LogP contribution in [0.3, 0.4) is 0 Å². The lowest BCUT2D eigenvalue weighted by molar-refractivity contribution is 0.331. The van der Waals surface area contributed by atoms with Crippen LogP contribution in [0, 0.1) is 5.82 Å². The second-order valence-electron chi connectivity index (χ2n) is 6.80. The van der Waals surface area contributed by atoms with Gasteiger partial charge in [-0.25, -0.2) is 32.1 Å². The van der Waals surface area contributed by atoms with Gasteiger partial charge in [-0.2, -0.15) is 0 Å². The van der Waals surface area contributed by atoms with Gasteiger partial charge in [-0.1, -0.05) is 11.3 Å². The van der Waals surface area contributed by atoms with Gasteiger partial charge in [0.1, 0.15) is 5.69 Å². The van der Waals surface area contributed by atoms with Crippen LogP contribution in [0.4, 0.5) is 15.5 Å². The largest absolute Gasteiger partial charge is 0.359 e. The molecule has 1 fully saturated rings. The van der Waals surface area contributed by atoms with E-state index in [9.17, 15) is 12.8 Å². The van der Waals surface area contributed by atoms with Gasteiger partial charge in [0.25, 0.3) is 0 Å². The number of piperidine rings is 1. The maximum absolute atomic E-state index is 14.2. The molecule has 8 nitrogen and oxygen atoms in total. The second-order valence-corrected chi connectivity index (χ2v) is 9.81. The number of halogens is 1. The number of hydrogen-bond acceptors (Lipinski definition) is 8. The number of thiazole rings is 1. The first kappa shape index (κ1) is 19.9. The summed E-state index contributed by atoms with van der Waals surface area (Å²) in [4.78, 5) is 13.2. The highest BCUT2D eigenvalue weighted by atomic mass is 32.2. The van der Waals surface area contributed by atoms with Crippen LogP contribution in [-0.4, -0.2) is 59.1 Å². The second kappa shape index (κ2) is 8.03. The van der Waals surface area contributed by atoms with Gasteiger partial charge in [0, 0.05) is 31.4 Å². The fourth-order valence-corrected chi connectivity index (χ4v) is 4.65. The predicted molar refractivity (Wildman–Crippen MR) is 105 cm³/mol. The van der Waals surface area contributed by atoms with E-state index in [1.165, 1.54) is 21.9 Å². The fourth-order valence-electron chi connectivity index (χ4n) is 2.82. The number of anilines is 2. The molecule has 2 aromatic rings. The molecule has 2 N–H and O–H groups in total.